The van der Waals surface area contributed by atoms with Gasteiger partial charge in [-0.25, -0.2) is 0 Å². The highest BCUT2D eigenvalue weighted by molar-refractivity contribution is 5.79. The summed E-state index contributed by atoms with van der Waals surface area (Å²) in [5.41, 5.74) is 6.51. The molecule has 6 rings (SSSR count). The van der Waals surface area contributed by atoms with Gasteiger partial charge in [0.05, 0.1) is 39.5 Å². The SMILES string of the molecule is CC(C1Nc2ccccc2N1)(C1Nc2ccccc2N1)C1Nc2ccccc2N1. The van der Waals surface area contributed by atoms with Crippen molar-refractivity contribution in [3.8, 4) is 0 Å². The molecule has 3 aromatic rings. The van der Waals surface area contributed by atoms with Crippen LogP contribution in [0.15, 0.2) is 72.8 Å². The summed E-state index contributed by atoms with van der Waals surface area (Å²) in [6.07, 6.45) is 0.0376. The van der Waals surface area contributed by atoms with E-state index in [4.69, 9.17) is 0 Å². The van der Waals surface area contributed by atoms with E-state index in [0.717, 1.165) is 34.1 Å². The second kappa shape index (κ2) is 5.98. The third kappa shape index (κ3) is 2.42. The summed E-state index contributed by atoms with van der Waals surface area (Å²) in [6.45, 7) is 2.30. The van der Waals surface area contributed by atoms with Crippen LogP contribution in [0.1, 0.15) is 6.92 Å². The lowest BCUT2D eigenvalue weighted by molar-refractivity contribution is 0.237. The standard InChI is InChI=1S/C23H24N6/c1-23(20-24-14-8-2-3-9-15(14)25-20,21-26-16-10-4-5-11-17(16)27-21)22-28-18-12-6-7-13-19(18)29-22/h2-13,20-22,24-29H,1H3. The highest BCUT2D eigenvalue weighted by Crippen LogP contribution is 2.47. The second-order valence-electron chi connectivity index (χ2n) is 8.17. The molecular weight excluding hydrogens is 360 g/mol. The van der Waals surface area contributed by atoms with Crippen LogP contribution in [0.5, 0.6) is 0 Å². The highest BCUT2D eigenvalue weighted by atomic mass is 15.3. The van der Waals surface area contributed by atoms with Gasteiger partial charge in [-0.1, -0.05) is 36.4 Å². The van der Waals surface area contributed by atoms with Crippen molar-refractivity contribution in [1.82, 2.24) is 0 Å². The molecule has 29 heavy (non-hydrogen) atoms. The first kappa shape index (κ1) is 16.4. The lowest BCUT2D eigenvalue weighted by Gasteiger charge is -2.45. The first-order valence-electron chi connectivity index (χ1n) is 10.1. The zero-order valence-corrected chi connectivity index (χ0v) is 16.2. The van der Waals surface area contributed by atoms with Crippen LogP contribution >= 0.6 is 0 Å². The molecule has 0 aromatic heterocycles. The average Bonchev–Trinajstić information content (AvgIpc) is 3.48. The average molecular weight is 384 g/mol. The molecule has 0 unspecified atom stereocenters. The van der Waals surface area contributed by atoms with E-state index >= 15 is 0 Å². The van der Waals surface area contributed by atoms with Gasteiger partial charge in [-0.2, -0.15) is 0 Å². The van der Waals surface area contributed by atoms with Gasteiger partial charge in [0.2, 0.25) is 0 Å². The Kier molecular flexibility index (Phi) is 3.38. The van der Waals surface area contributed by atoms with Gasteiger partial charge < -0.3 is 31.9 Å². The molecule has 0 bridgehead atoms. The van der Waals surface area contributed by atoms with E-state index in [-0.39, 0.29) is 23.9 Å². The van der Waals surface area contributed by atoms with E-state index < -0.39 is 0 Å². The van der Waals surface area contributed by atoms with Gasteiger partial charge in [0.15, 0.2) is 0 Å². The molecule has 6 N–H and O–H groups in total. The maximum atomic E-state index is 3.71. The monoisotopic (exact) mass is 384 g/mol. The minimum absolute atomic E-state index is 0.0125. The molecule has 3 aromatic carbocycles. The highest BCUT2D eigenvalue weighted by Gasteiger charge is 2.53. The van der Waals surface area contributed by atoms with E-state index in [1.54, 1.807) is 0 Å². The van der Waals surface area contributed by atoms with Gasteiger partial charge >= 0.3 is 0 Å². The Hall–Kier alpha value is -3.54. The summed E-state index contributed by atoms with van der Waals surface area (Å²) in [6, 6.07) is 25.1. The van der Waals surface area contributed by atoms with Crippen LogP contribution in [0.2, 0.25) is 0 Å². The minimum Gasteiger partial charge on any atom is -0.363 e. The number of rotatable bonds is 3. The number of fused-ring (bicyclic) bond motifs is 3. The molecule has 0 spiro atoms. The fourth-order valence-electron chi connectivity index (χ4n) is 4.68. The van der Waals surface area contributed by atoms with Crippen molar-refractivity contribution in [2.45, 2.75) is 25.4 Å². The van der Waals surface area contributed by atoms with Gasteiger partial charge in [0.25, 0.3) is 0 Å². The van der Waals surface area contributed by atoms with Gasteiger partial charge in [-0.15, -0.1) is 0 Å². The minimum atomic E-state index is -0.295. The van der Waals surface area contributed by atoms with Crippen LogP contribution in [0.25, 0.3) is 0 Å². The fraction of sp³-hybridized carbons (Fsp3) is 0.217. The molecule has 0 radical (unpaired) electrons. The third-order valence-corrected chi connectivity index (χ3v) is 6.45. The predicted octanol–water partition coefficient (Wildman–Crippen LogP) is 4.58. The fourth-order valence-corrected chi connectivity index (χ4v) is 4.68. The Labute approximate surface area is 170 Å². The molecule has 6 nitrogen and oxygen atoms in total. The zero-order chi connectivity index (χ0) is 19.4. The number of benzene rings is 3. The van der Waals surface area contributed by atoms with Crippen LogP contribution < -0.4 is 31.9 Å². The van der Waals surface area contributed by atoms with Crippen molar-refractivity contribution in [3.63, 3.8) is 0 Å². The van der Waals surface area contributed by atoms with E-state index in [2.05, 4.69) is 112 Å². The number of anilines is 6. The van der Waals surface area contributed by atoms with Crippen LogP contribution in [0.4, 0.5) is 34.1 Å². The lowest BCUT2D eigenvalue weighted by Crippen LogP contribution is -2.62. The van der Waals surface area contributed by atoms with Crippen molar-refractivity contribution < 1.29 is 0 Å². The van der Waals surface area contributed by atoms with Crippen LogP contribution in [0, 0.1) is 5.41 Å². The molecule has 0 amide bonds. The third-order valence-electron chi connectivity index (χ3n) is 6.45. The summed E-state index contributed by atoms with van der Waals surface area (Å²) < 4.78 is 0. The molecule has 3 aliphatic rings. The topological polar surface area (TPSA) is 72.2 Å². The largest absolute Gasteiger partial charge is 0.363 e. The smallest absolute Gasteiger partial charge is 0.110 e. The second-order valence-corrected chi connectivity index (χ2v) is 8.17. The van der Waals surface area contributed by atoms with Crippen molar-refractivity contribution in [3.05, 3.63) is 72.8 Å². The van der Waals surface area contributed by atoms with E-state index in [9.17, 15) is 0 Å². The van der Waals surface area contributed by atoms with Gasteiger partial charge in [0, 0.05) is 0 Å². The summed E-state index contributed by atoms with van der Waals surface area (Å²) in [7, 11) is 0. The molecule has 146 valence electrons. The molecule has 0 aliphatic carbocycles. The molecule has 3 heterocycles. The summed E-state index contributed by atoms with van der Waals surface area (Å²) in [4.78, 5) is 0. The summed E-state index contributed by atoms with van der Waals surface area (Å²) in [5, 5.41) is 22.3. The Balaban J connectivity index is 1.38. The molecule has 3 aliphatic heterocycles. The first-order valence-corrected chi connectivity index (χ1v) is 10.1. The molecule has 0 saturated heterocycles. The molecule has 6 heteroatoms. The summed E-state index contributed by atoms with van der Waals surface area (Å²) in [5.74, 6) is 0. The predicted molar refractivity (Wildman–Crippen MR) is 121 cm³/mol. The molecule has 0 atom stereocenters. The first-order chi connectivity index (χ1) is 14.2. The molecule has 0 saturated carbocycles. The normalized spacial score (nSPS) is 17.7. The quantitative estimate of drug-likeness (QED) is 0.397. The molecular formula is C23H24N6. The lowest BCUT2D eigenvalue weighted by atomic mass is 9.79. The number of hydrogen-bond acceptors (Lipinski definition) is 6. The van der Waals surface area contributed by atoms with Crippen LogP contribution in [-0.4, -0.2) is 18.5 Å². The Bertz CT molecular complexity index is 871. The van der Waals surface area contributed by atoms with Crippen LogP contribution in [0.3, 0.4) is 0 Å². The van der Waals surface area contributed by atoms with Crippen molar-refractivity contribution in [1.29, 1.82) is 0 Å². The van der Waals surface area contributed by atoms with E-state index in [1.807, 2.05) is 0 Å². The van der Waals surface area contributed by atoms with Gasteiger partial charge in [-0.3, -0.25) is 0 Å². The van der Waals surface area contributed by atoms with Crippen LogP contribution in [-0.2, 0) is 0 Å². The van der Waals surface area contributed by atoms with Crippen molar-refractivity contribution >= 4 is 34.1 Å². The van der Waals surface area contributed by atoms with E-state index in [0.29, 0.717) is 0 Å². The molecule has 0 fully saturated rings. The Morgan fingerprint density at radius 3 is 0.862 bits per heavy atom. The zero-order valence-electron chi connectivity index (χ0n) is 16.2. The van der Waals surface area contributed by atoms with E-state index in [1.165, 1.54) is 0 Å². The van der Waals surface area contributed by atoms with Gasteiger partial charge in [0.1, 0.15) is 18.5 Å². The maximum Gasteiger partial charge on any atom is 0.110 e. The maximum absolute atomic E-state index is 3.71. The Morgan fingerprint density at radius 1 is 0.448 bits per heavy atom. The van der Waals surface area contributed by atoms with Gasteiger partial charge in [-0.05, 0) is 43.3 Å². The summed E-state index contributed by atoms with van der Waals surface area (Å²) >= 11 is 0. The number of hydrogen-bond donors (Lipinski definition) is 6. The number of para-hydroxylation sites is 6. The Morgan fingerprint density at radius 2 is 0.655 bits per heavy atom. The van der Waals surface area contributed by atoms with Crippen molar-refractivity contribution in [2.24, 2.45) is 5.41 Å². The number of nitrogens with one attached hydrogen (secondary N) is 6. The van der Waals surface area contributed by atoms with Crippen molar-refractivity contribution in [2.75, 3.05) is 31.9 Å².